The number of aliphatic hydroxyl groups is 4. The molecular formula is C43H61NO6. The quantitative estimate of drug-likeness (QED) is 0.171. The third kappa shape index (κ3) is 4.68. The van der Waals surface area contributed by atoms with Crippen LogP contribution in [0.4, 0.5) is 0 Å². The summed E-state index contributed by atoms with van der Waals surface area (Å²) < 4.78 is 5.42. The largest absolute Gasteiger partial charge is 0.497 e. The number of carbonyl (C=O) groups excluding carboxylic acids is 1. The Morgan fingerprint density at radius 2 is 1.66 bits per heavy atom. The molecule has 2 spiro atoms. The first-order chi connectivity index (χ1) is 23.7. The highest BCUT2D eigenvalue weighted by Gasteiger charge is 2.74. The van der Waals surface area contributed by atoms with Crippen molar-refractivity contribution in [1.29, 1.82) is 0 Å². The van der Waals surface area contributed by atoms with Gasteiger partial charge in [-0.05, 0) is 129 Å². The molecule has 4 N–H and O–H groups in total. The minimum atomic E-state index is -1.00. The SMILES string of the molecule is COc1ccc(C(=O)C2=CC34C=CC25C(CCC2(C)C5CCC2(O)CN(CC(O)CO)CC2CCC5CC2C5(C)C)C3(C)CCC(O)C4)cc1. The maximum Gasteiger partial charge on any atom is 0.189 e. The highest BCUT2D eigenvalue weighted by atomic mass is 16.5. The molecule has 0 amide bonds. The number of allylic oxidation sites excluding steroid dienone is 4. The molecule has 1 aromatic carbocycles. The van der Waals surface area contributed by atoms with E-state index in [1.165, 1.54) is 19.3 Å². The molecule has 1 aromatic rings. The first-order valence-corrected chi connectivity index (χ1v) is 19.7. The van der Waals surface area contributed by atoms with Gasteiger partial charge >= 0.3 is 0 Å². The predicted octanol–water partition coefficient (Wildman–Crippen LogP) is 6.20. The Labute approximate surface area is 299 Å². The molecule has 9 aliphatic carbocycles. The van der Waals surface area contributed by atoms with E-state index in [0.717, 1.165) is 50.1 Å². The van der Waals surface area contributed by atoms with Gasteiger partial charge in [-0.15, -0.1) is 0 Å². The van der Waals surface area contributed by atoms with Crippen LogP contribution in [0.15, 0.2) is 48.1 Å². The van der Waals surface area contributed by atoms with Crippen molar-refractivity contribution in [1.82, 2.24) is 4.90 Å². The molecular weight excluding hydrogens is 626 g/mol. The lowest BCUT2D eigenvalue weighted by molar-refractivity contribution is -0.179. The smallest absolute Gasteiger partial charge is 0.189 e. The molecule has 12 atom stereocenters. The maximum absolute atomic E-state index is 14.9. The van der Waals surface area contributed by atoms with Gasteiger partial charge in [0.25, 0.3) is 0 Å². The summed E-state index contributed by atoms with van der Waals surface area (Å²) in [5.41, 5.74) is -0.575. The zero-order valence-corrected chi connectivity index (χ0v) is 31.0. The van der Waals surface area contributed by atoms with Crippen LogP contribution in [0.5, 0.6) is 5.75 Å². The van der Waals surface area contributed by atoms with Crippen LogP contribution in [-0.4, -0.2) is 82.3 Å². The summed E-state index contributed by atoms with van der Waals surface area (Å²) in [6.45, 7) is 10.9. The molecule has 6 fully saturated rings. The zero-order chi connectivity index (χ0) is 35.5. The molecule has 0 aromatic heterocycles. The molecule has 0 heterocycles. The van der Waals surface area contributed by atoms with Crippen LogP contribution in [-0.2, 0) is 0 Å². The number of benzene rings is 1. The number of aliphatic hydroxyl groups excluding tert-OH is 3. The van der Waals surface area contributed by atoms with E-state index in [1.807, 2.05) is 24.3 Å². The summed E-state index contributed by atoms with van der Waals surface area (Å²) in [7, 11) is 1.64. The highest BCUT2D eigenvalue weighted by molar-refractivity contribution is 6.10. The summed E-state index contributed by atoms with van der Waals surface area (Å²) in [5, 5.41) is 44.8. The van der Waals surface area contributed by atoms with Gasteiger partial charge in [-0.1, -0.05) is 45.9 Å². The van der Waals surface area contributed by atoms with Gasteiger partial charge in [-0.3, -0.25) is 9.69 Å². The Morgan fingerprint density at radius 1 is 0.960 bits per heavy atom. The summed E-state index contributed by atoms with van der Waals surface area (Å²) >= 11 is 0. The van der Waals surface area contributed by atoms with E-state index in [1.54, 1.807) is 7.11 Å². The van der Waals surface area contributed by atoms with Gasteiger partial charge in [0.15, 0.2) is 5.78 Å². The van der Waals surface area contributed by atoms with Crippen LogP contribution in [0.2, 0.25) is 0 Å². The van der Waals surface area contributed by atoms with Crippen LogP contribution in [0, 0.1) is 56.7 Å². The van der Waals surface area contributed by atoms with Gasteiger partial charge in [-0.2, -0.15) is 0 Å². The van der Waals surface area contributed by atoms with Crippen LogP contribution >= 0.6 is 0 Å². The Balaban J connectivity index is 1.16. The maximum atomic E-state index is 14.9. The standard InChI is InChI=1S/C43H61NO6/c1-38(2)29-9-6-28(33(38)20-29)23-44(24-31(47)25-45)26-42(49)17-14-36-40(42,4)16-13-35-39(3)15-12-30(46)21-41(39)18-19-43(35,36)34(22-41)37(48)27-7-10-32(50-5)11-8-27/h7-8,10-11,18-19,22,28-31,33,35-36,45-47,49H,6,9,12-17,20-21,23-26H2,1-5H3. The zero-order valence-electron chi connectivity index (χ0n) is 31.0. The fourth-order valence-corrected chi connectivity index (χ4v) is 13.9. The van der Waals surface area contributed by atoms with E-state index in [4.69, 9.17) is 4.74 Å². The third-order valence-corrected chi connectivity index (χ3v) is 17.0. The van der Waals surface area contributed by atoms with Crippen LogP contribution in [0.25, 0.3) is 0 Å². The lowest BCUT2D eigenvalue weighted by Crippen LogP contribution is -2.67. The topological polar surface area (TPSA) is 110 Å². The molecule has 50 heavy (non-hydrogen) atoms. The third-order valence-electron chi connectivity index (χ3n) is 17.0. The van der Waals surface area contributed by atoms with E-state index in [-0.39, 0.29) is 35.1 Å². The van der Waals surface area contributed by atoms with Crippen LogP contribution < -0.4 is 4.74 Å². The van der Waals surface area contributed by atoms with Gasteiger partial charge in [0.1, 0.15) is 5.75 Å². The fraction of sp³-hybridized carbons (Fsp3) is 0.744. The average molecular weight is 688 g/mol. The lowest BCUT2D eigenvalue weighted by atomic mass is 9.32. The Bertz CT molecular complexity index is 1570. The van der Waals surface area contributed by atoms with Gasteiger partial charge < -0.3 is 25.2 Å². The highest BCUT2D eigenvalue weighted by Crippen LogP contribution is 2.78. The molecule has 0 saturated heterocycles. The van der Waals surface area contributed by atoms with Gasteiger partial charge in [0, 0.05) is 47.0 Å². The molecule has 274 valence electrons. The van der Waals surface area contributed by atoms with Crippen molar-refractivity contribution >= 4 is 5.78 Å². The Hall–Kier alpha value is -2.03. The second kappa shape index (κ2) is 11.7. The lowest BCUT2D eigenvalue weighted by Gasteiger charge is -2.71. The number of rotatable bonds is 10. The summed E-state index contributed by atoms with van der Waals surface area (Å²) in [6.07, 6.45) is 15.1. The summed E-state index contributed by atoms with van der Waals surface area (Å²) in [5.74, 6) is 3.06. The predicted molar refractivity (Wildman–Crippen MR) is 194 cm³/mol. The van der Waals surface area contributed by atoms with Crippen molar-refractivity contribution in [2.45, 2.75) is 110 Å². The molecule has 0 radical (unpaired) electrons. The van der Waals surface area contributed by atoms with Crippen molar-refractivity contribution in [3.05, 3.63) is 53.6 Å². The molecule has 9 aliphatic rings. The van der Waals surface area contributed by atoms with Crippen LogP contribution in [0.3, 0.4) is 0 Å². The molecule has 4 bridgehead atoms. The van der Waals surface area contributed by atoms with Crippen molar-refractivity contribution in [3.8, 4) is 5.75 Å². The van der Waals surface area contributed by atoms with Gasteiger partial charge in [-0.25, -0.2) is 0 Å². The monoisotopic (exact) mass is 687 g/mol. The minimum Gasteiger partial charge on any atom is -0.497 e. The second-order valence-electron chi connectivity index (χ2n) is 19.1. The Morgan fingerprint density at radius 3 is 2.34 bits per heavy atom. The number of methoxy groups -OCH3 is 1. The van der Waals surface area contributed by atoms with E-state index < -0.39 is 28.6 Å². The van der Waals surface area contributed by atoms with E-state index >= 15 is 0 Å². The molecule has 6 saturated carbocycles. The van der Waals surface area contributed by atoms with Crippen molar-refractivity contribution in [2.24, 2.45) is 56.7 Å². The number of fused-ring (bicyclic) bond motifs is 3. The van der Waals surface area contributed by atoms with Crippen molar-refractivity contribution in [2.75, 3.05) is 33.4 Å². The molecule has 7 nitrogen and oxygen atoms in total. The molecule has 0 aliphatic heterocycles. The number of Topliss-reactive ketones (excluding diaryl/α,β-unsaturated/α-hetero) is 1. The van der Waals surface area contributed by atoms with E-state index in [2.05, 4.69) is 50.8 Å². The number of hydrogen-bond acceptors (Lipinski definition) is 7. The molecule has 10 rings (SSSR count). The van der Waals surface area contributed by atoms with Crippen molar-refractivity contribution in [3.63, 3.8) is 0 Å². The summed E-state index contributed by atoms with van der Waals surface area (Å²) in [4.78, 5) is 17.2. The minimum absolute atomic E-state index is 0.0505. The normalized spacial score (nSPS) is 45.6. The molecule has 7 heteroatoms. The first-order valence-electron chi connectivity index (χ1n) is 19.7. The van der Waals surface area contributed by atoms with E-state index in [0.29, 0.717) is 54.5 Å². The Kier molecular flexibility index (Phi) is 8.22. The van der Waals surface area contributed by atoms with Gasteiger partial charge in [0.2, 0.25) is 0 Å². The second-order valence-corrected chi connectivity index (χ2v) is 19.1. The number of carbonyl (C=O) groups is 1. The number of nitrogens with zero attached hydrogens (tertiary/aromatic N) is 1. The fourth-order valence-electron chi connectivity index (χ4n) is 13.9. The van der Waals surface area contributed by atoms with Crippen molar-refractivity contribution < 1.29 is 30.0 Å². The number of ketones is 1. The summed E-state index contributed by atoms with van der Waals surface area (Å²) in [6, 6.07) is 7.47. The van der Waals surface area contributed by atoms with Crippen LogP contribution in [0.1, 0.15) is 102 Å². The van der Waals surface area contributed by atoms with E-state index in [9.17, 15) is 25.2 Å². The number of ether oxygens (including phenoxy) is 1. The molecule has 12 unspecified atom stereocenters. The first kappa shape index (κ1) is 35.0. The van der Waals surface area contributed by atoms with Gasteiger partial charge in [0.05, 0.1) is 31.5 Å². The average Bonchev–Trinajstić information content (AvgIpc) is 3.37. The number of hydrogen-bond donors (Lipinski definition) is 4.